The van der Waals surface area contributed by atoms with Crippen LogP contribution in [0.25, 0.3) is 6.08 Å². The Morgan fingerprint density at radius 2 is 1.56 bits per heavy atom. The normalized spacial score (nSPS) is 11.7. The van der Waals surface area contributed by atoms with Crippen LogP contribution in [0.4, 0.5) is 5.69 Å². The second-order valence-electron chi connectivity index (χ2n) is 3.98. The highest BCUT2D eigenvalue weighted by Gasteiger charge is 1.88. The second kappa shape index (κ2) is 6.40. The maximum atomic E-state index is 4.29. The number of allylic oxidation sites excluding steroid dienone is 1. The number of hydrogen-bond donors (Lipinski definition) is 1. The molecular formula is C16H16N2. The summed E-state index contributed by atoms with van der Waals surface area (Å²) >= 11 is 0. The summed E-state index contributed by atoms with van der Waals surface area (Å²) in [5, 5.41) is 4.29. The molecule has 0 aliphatic rings. The number of nitrogens with one attached hydrogen (secondary N) is 1. The van der Waals surface area contributed by atoms with Crippen molar-refractivity contribution in [3.05, 3.63) is 72.3 Å². The molecule has 0 radical (unpaired) electrons. The van der Waals surface area contributed by atoms with Crippen LogP contribution in [0.15, 0.2) is 71.8 Å². The highest BCUT2D eigenvalue weighted by atomic mass is 15.3. The van der Waals surface area contributed by atoms with E-state index in [1.54, 1.807) is 0 Å². The number of hydrazone groups is 1. The van der Waals surface area contributed by atoms with Crippen molar-refractivity contribution in [3.8, 4) is 0 Å². The third-order valence-electron chi connectivity index (χ3n) is 2.45. The monoisotopic (exact) mass is 236 g/mol. The summed E-state index contributed by atoms with van der Waals surface area (Å²) in [5.41, 5.74) is 6.11. The standard InChI is InChI=1S/C16H16N2/c1-14(12-13-15-8-4-2-5-9-15)17-18-16-10-6-3-7-11-16/h2-13,18H,1H3/b13-12+,17-14+. The van der Waals surface area contributed by atoms with Crippen LogP contribution in [0.5, 0.6) is 0 Å². The SMILES string of the molecule is CC(/C=C/c1ccccc1)=N\Nc1ccccc1. The van der Waals surface area contributed by atoms with Crippen LogP contribution in [0.2, 0.25) is 0 Å². The number of rotatable bonds is 4. The Morgan fingerprint density at radius 1 is 0.944 bits per heavy atom. The van der Waals surface area contributed by atoms with Gasteiger partial charge in [-0.15, -0.1) is 0 Å². The molecule has 0 atom stereocenters. The van der Waals surface area contributed by atoms with Crippen molar-refractivity contribution in [2.24, 2.45) is 5.10 Å². The maximum Gasteiger partial charge on any atom is 0.0576 e. The molecule has 0 heterocycles. The van der Waals surface area contributed by atoms with Gasteiger partial charge < -0.3 is 0 Å². The lowest BCUT2D eigenvalue weighted by molar-refractivity contribution is 1.33. The summed E-state index contributed by atoms with van der Waals surface area (Å²) in [5.74, 6) is 0. The van der Waals surface area contributed by atoms with Gasteiger partial charge in [0.1, 0.15) is 0 Å². The lowest BCUT2D eigenvalue weighted by atomic mass is 10.2. The zero-order valence-corrected chi connectivity index (χ0v) is 10.4. The molecule has 0 aromatic heterocycles. The van der Waals surface area contributed by atoms with E-state index in [1.165, 1.54) is 5.56 Å². The van der Waals surface area contributed by atoms with Crippen molar-refractivity contribution in [3.63, 3.8) is 0 Å². The Labute approximate surface area is 108 Å². The van der Waals surface area contributed by atoms with Gasteiger partial charge in [-0.3, -0.25) is 5.43 Å². The minimum Gasteiger partial charge on any atom is -0.278 e. The minimum absolute atomic E-state index is 0.933. The molecule has 0 saturated carbocycles. The van der Waals surface area contributed by atoms with Gasteiger partial charge in [0.25, 0.3) is 0 Å². The van der Waals surface area contributed by atoms with Gasteiger partial charge in [0.15, 0.2) is 0 Å². The molecule has 2 rings (SSSR count). The first-order valence-corrected chi connectivity index (χ1v) is 5.93. The average molecular weight is 236 g/mol. The van der Waals surface area contributed by atoms with Crippen molar-refractivity contribution in [1.82, 2.24) is 0 Å². The van der Waals surface area contributed by atoms with E-state index in [0.717, 1.165) is 11.4 Å². The van der Waals surface area contributed by atoms with E-state index in [1.807, 2.05) is 67.6 Å². The molecule has 0 fully saturated rings. The van der Waals surface area contributed by atoms with Crippen molar-refractivity contribution in [2.75, 3.05) is 5.43 Å². The first kappa shape index (κ1) is 12.1. The van der Waals surface area contributed by atoms with Crippen LogP contribution < -0.4 is 5.43 Å². The van der Waals surface area contributed by atoms with Gasteiger partial charge in [-0.25, -0.2) is 0 Å². The molecule has 2 heteroatoms. The highest BCUT2D eigenvalue weighted by Crippen LogP contribution is 2.05. The fourth-order valence-electron chi connectivity index (χ4n) is 1.48. The summed E-state index contributed by atoms with van der Waals surface area (Å²) < 4.78 is 0. The molecule has 90 valence electrons. The van der Waals surface area contributed by atoms with Crippen LogP contribution in [-0.4, -0.2) is 5.71 Å². The Hall–Kier alpha value is -2.35. The minimum atomic E-state index is 0.933. The van der Waals surface area contributed by atoms with E-state index in [2.05, 4.69) is 22.7 Å². The summed E-state index contributed by atoms with van der Waals surface area (Å²) in [6.45, 7) is 1.97. The van der Waals surface area contributed by atoms with Crippen molar-refractivity contribution in [1.29, 1.82) is 0 Å². The van der Waals surface area contributed by atoms with Gasteiger partial charge in [0.2, 0.25) is 0 Å². The zero-order chi connectivity index (χ0) is 12.6. The van der Waals surface area contributed by atoms with Gasteiger partial charge >= 0.3 is 0 Å². The number of hydrogen-bond acceptors (Lipinski definition) is 2. The Morgan fingerprint density at radius 3 is 2.22 bits per heavy atom. The van der Waals surface area contributed by atoms with Gasteiger partial charge in [-0.2, -0.15) is 5.10 Å². The third kappa shape index (κ3) is 3.91. The summed E-state index contributed by atoms with van der Waals surface area (Å²) in [7, 11) is 0. The molecule has 18 heavy (non-hydrogen) atoms. The molecule has 0 saturated heterocycles. The van der Waals surface area contributed by atoms with E-state index in [0.29, 0.717) is 0 Å². The van der Waals surface area contributed by atoms with E-state index in [9.17, 15) is 0 Å². The summed E-state index contributed by atoms with van der Waals surface area (Å²) in [6.07, 6.45) is 4.04. The molecule has 2 aromatic rings. The predicted molar refractivity (Wildman–Crippen MR) is 78.6 cm³/mol. The number of nitrogens with zero attached hydrogens (tertiary/aromatic N) is 1. The quantitative estimate of drug-likeness (QED) is 0.624. The van der Waals surface area contributed by atoms with Crippen LogP contribution in [-0.2, 0) is 0 Å². The Bertz CT molecular complexity index is 528. The fraction of sp³-hybridized carbons (Fsp3) is 0.0625. The number of para-hydroxylation sites is 1. The van der Waals surface area contributed by atoms with Crippen LogP contribution in [0.1, 0.15) is 12.5 Å². The molecule has 1 N–H and O–H groups in total. The molecule has 0 unspecified atom stereocenters. The fourth-order valence-corrected chi connectivity index (χ4v) is 1.48. The molecule has 0 aliphatic carbocycles. The zero-order valence-electron chi connectivity index (χ0n) is 10.4. The van der Waals surface area contributed by atoms with E-state index >= 15 is 0 Å². The molecule has 2 nitrogen and oxygen atoms in total. The summed E-state index contributed by atoms with van der Waals surface area (Å²) in [4.78, 5) is 0. The molecular weight excluding hydrogens is 220 g/mol. The lowest BCUT2D eigenvalue weighted by Gasteiger charge is -1.99. The molecule has 0 spiro atoms. The average Bonchev–Trinajstić information content (AvgIpc) is 2.45. The van der Waals surface area contributed by atoms with Crippen LogP contribution in [0.3, 0.4) is 0 Å². The Kier molecular flexibility index (Phi) is 4.31. The highest BCUT2D eigenvalue weighted by molar-refractivity contribution is 5.96. The molecule has 0 amide bonds. The first-order valence-electron chi connectivity index (χ1n) is 5.93. The Balaban J connectivity index is 1.96. The van der Waals surface area contributed by atoms with E-state index in [-0.39, 0.29) is 0 Å². The van der Waals surface area contributed by atoms with Gasteiger partial charge in [-0.05, 0) is 30.7 Å². The van der Waals surface area contributed by atoms with E-state index < -0.39 is 0 Å². The van der Waals surface area contributed by atoms with Crippen molar-refractivity contribution >= 4 is 17.5 Å². The lowest BCUT2D eigenvalue weighted by Crippen LogP contribution is -1.93. The van der Waals surface area contributed by atoms with Gasteiger partial charge in [0.05, 0.1) is 11.4 Å². The van der Waals surface area contributed by atoms with Gasteiger partial charge in [-0.1, -0.05) is 54.6 Å². The molecule has 2 aromatic carbocycles. The second-order valence-corrected chi connectivity index (χ2v) is 3.98. The summed E-state index contributed by atoms with van der Waals surface area (Å²) in [6, 6.07) is 20.1. The third-order valence-corrected chi connectivity index (χ3v) is 2.45. The molecule has 0 bridgehead atoms. The topological polar surface area (TPSA) is 24.4 Å². The first-order chi connectivity index (χ1) is 8.84. The van der Waals surface area contributed by atoms with Crippen LogP contribution >= 0.6 is 0 Å². The predicted octanol–water partition coefficient (Wildman–Crippen LogP) is 4.19. The molecule has 0 aliphatic heterocycles. The van der Waals surface area contributed by atoms with E-state index in [4.69, 9.17) is 0 Å². The number of benzene rings is 2. The van der Waals surface area contributed by atoms with Crippen LogP contribution in [0, 0.1) is 0 Å². The maximum absolute atomic E-state index is 4.29. The smallest absolute Gasteiger partial charge is 0.0576 e. The largest absolute Gasteiger partial charge is 0.278 e. The van der Waals surface area contributed by atoms with Crippen molar-refractivity contribution in [2.45, 2.75) is 6.92 Å². The number of anilines is 1. The van der Waals surface area contributed by atoms with Crippen molar-refractivity contribution < 1.29 is 0 Å². The van der Waals surface area contributed by atoms with Gasteiger partial charge in [0, 0.05) is 0 Å².